The van der Waals surface area contributed by atoms with Crippen molar-refractivity contribution >= 4 is 44.3 Å². The molecule has 1 aliphatic carbocycles. The van der Waals surface area contributed by atoms with E-state index >= 15 is 0 Å². The van der Waals surface area contributed by atoms with Crippen LogP contribution in [0.25, 0.3) is 0 Å². The number of rotatable bonds is 5. The third kappa shape index (κ3) is 3.78. The number of urea groups is 1. The third-order valence-electron chi connectivity index (χ3n) is 4.37. The zero-order chi connectivity index (χ0) is 21.6. The Morgan fingerprint density at radius 1 is 1.28 bits per heavy atom. The van der Waals surface area contributed by atoms with E-state index in [1.165, 1.54) is 10.0 Å². The molecule has 2 aliphatic rings. The molecule has 16 heteroatoms. The summed E-state index contributed by atoms with van der Waals surface area (Å²) >= 11 is 0.279. The topological polar surface area (TPSA) is 150 Å². The van der Waals surface area contributed by atoms with E-state index in [1.807, 2.05) is 0 Å². The van der Waals surface area contributed by atoms with E-state index in [9.17, 15) is 36.0 Å². The van der Waals surface area contributed by atoms with Crippen molar-refractivity contribution in [1.82, 2.24) is 25.1 Å². The van der Waals surface area contributed by atoms with E-state index in [4.69, 9.17) is 0 Å². The molecule has 2 heterocycles. The van der Waals surface area contributed by atoms with Crippen LogP contribution in [0.2, 0.25) is 0 Å². The SMILES string of the molecule is CC(=O)Nc1nnc(S(=O)(=O)N[C@@]2(C(F)(F)F)NC(=O)N(C3CCCC3)C2=O)s1. The van der Waals surface area contributed by atoms with Crippen molar-refractivity contribution < 1.29 is 36.0 Å². The van der Waals surface area contributed by atoms with Crippen LogP contribution in [0.15, 0.2) is 4.34 Å². The lowest BCUT2D eigenvalue weighted by atomic mass is 10.1. The molecule has 1 aliphatic heterocycles. The summed E-state index contributed by atoms with van der Waals surface area (Å²) in [5.74, 6) is -2.35. The number of amides is 4. The lowest BCUT2D eigenvalue weighted by Gasteiger charge is -2.29. The number of nitrogens with zero attached hydrogens (tertiary/aromatic N) is 3. The average molecular weight is 456 g/mol. The van der Waals surface area contributed by atoms with Crippen LogP contribution in [0.3, 0.4) is 0 Å². The van der Waals surface area contributed by atoms with E-state index in [2.05, 4.69) is 15.5 Å². The summed E-state index contributed by atoms with van der Waals surface area (Å²) < 4.78 is 66.8. The minimum absolute atomic E-state index is 0.270. The normalized spacial score (nSPS) is 23.5. The highest BCUT2D eigenvalue weighted by molar-refractivity contribution is 7.91. The number of anilines is 1. The number of hydrogen-bond donors (Lipinski definition) is 3. The lowest BCUT2D eigenvalue weighted by molar-refractivity contribution is -0.198. The first kappa shape index (κ1) is 21.4. The van der Waals surface area contributed by atoms with Gasteiger partial charge in [-0.2, -0.15) is 17.9 Å². The predicted octanol–water partition coefficient (Wildman–Crippen LogP) is 0.528. The van der Waals surface area contributed by atoms with Crippen LogP contribution in [0.5, 0.6) is 0 Å². The summed E-state index contributed by atoms with van der Waals surface area (Å²) in [7, 11) is -5.04. The fourth-order valence-electron chi connectivity index (χ4n) is 3.12. The second-order valence-electron chi connectivity index (χ2n) is 6.45. The fourth-order valence-corrected chi connectivity index (χ4v) is 5.34. The maximum Gasteiger partial charge on any atom is 0.435 e. The van der Waals surface area contributed by atoms with Crippen molar-refractivity contribution in [2.45, 2.75) is 54.8 Å². The van der Waals surface area contributed by atoms with Gasteiger partial charge in [0.05, 0.1) is 0 Å². The van der Waals surface area contributed by atoms with Gasteiger partial charge in [-0.1, -0.05) is 24.2 Å². The number of alkyl halides is 3. The summed E-state index contributed by atoms with van der Waals surface area (Å²) in [6.07, 6.45) is -3.57. The number of nitrogens with one attached hydrogen (secondary N) is 3. The van der Waals surface area contributed by atoms with Gasteiger partial charge in [0.15, 0.2) is 0 Å². The quantitative estimate of drug-likeness (QED) is 0.432. The van der Waals surface area contributed by atoms with Gasteiger partial charge in [-0.15, -0.1) is 10.2 Å². The first-order chi connectivity index (χ1) is 13.4. The van der Waals surface area contributed by atoms with E-state index in [-0.39, 0.29) is 16.5 Å². The van der Waals surface area contributed by atoms with Gasteiger partial charge in [-0.3, -0.25) is 14.5 Å². The molecule has 1 aromatic heterocycles. The highest BCUT2D eigenvalue weighted by Gasteiger charge is 2.70. The van der Waals surface area contributed by atoms with Gasteiger partial charge >= 0.3 is 12.2 Å². The van der Waals surface area contributed by atoms with E-state index in [1.54, 1.807) is 0 Å². The van der Waals surface area contributed by atoms with Gasteiger partial charge in [0.2, 0.25) is 15.4 Å². The molecule has 0 aromatic carbocycles. The minimum atomic E-state index is -5.48. The molecule has 0 bridgehead atoms. The molecule has 29 heavy (non-hydrogen) atoms. The highest BCUT2D eigenvalue weighted by Crippen LogP contribution is 2.38. The summed E-state index contributed by atoms with van der Waals surface area (Å²) in [4.78, 5) is 36.2. The molecule has 1 atom stereocenters. The van der Waals surface area contributed by atoms with Crippen LogP contribution >= 0.6 is 11.3 Å². The Labute approximate surface area is 166 Å². The lowest BCUT2D eigenvalue weighted by Crippen LogP contribution is -2.69. The first-order valence-electron chi connectivity index (χ1n) is 8.25. The number of aromatic nitrogens is 2. The summed E-state index contributed by atoms with van der Waals surface area (Å²) in [5, 5.41) is 9.91. The van der Waals surface area contributed by atoms with Crippen molar-refractivity contribution in [3.63, 3.8) is 0 Å². The number of carbonyl (C=O) groups is 3. The van der Waals surface area contributed by atoms with Gasteiger partial charge in [-0.25, -0.2) is 13.2 Å². The smallest absolute Gasteiger partial charge is 0.303 e. The van der Waals surface area contributed by atoms with Crippen molar-refractivity contribution in [2.24, 2.45) is 0 Å². The maximum absolute atomic E-state index is 13.8. The Kier molecular flexibility index (Phi) is 5.29. The molecule has 3 rings (SSSR count). The second kappa shape index (κ2) is 7.17. The molecule has 1 aromatic rings. The Morgan fingerprint density at radius 3 is 2.45 bits per heavy atom. The zero-order valence-corrected chi connectivity index (χ0v) is 16.4. The Bertz CT molecular complexity index is 958. The monoisotopic (exact) mass is 456 g/mol. The zero-order valence-electron chi connectivity index (χ0n) is 14.7. The van der Waals surface area contributed by atoms with E-state index in [0.29, 0.717) is 30.6 Å². The van der Waals surface area contributed by atoms with Gasteiger partial charge in [-0.05, 0) is 12.8 Å². The molecule has 3 N–H and O–H groups in total. The van der Waals surface area contributed by atoms with Crippen LogP contribution in [-0.2, 0) is 19.6 Å². The van der Waals surface area contributed by atoms with Crippen molar-refractivity contribution in [1.29, 1.82) is 0 Å². The van der Waals surface area contributed by atoms with Crippen LogP contribution in [0, 0.1) is 0 Å². The number of halogens is 3. The predicted molar refractivity (Wildman–Crippen MR) is 91.0 cm³/mol. The summed E-state index contributed by atoms with van der Waals surface area (Å²) in [6, 6.07) is -2.08. The molecule has 4 amide bonds. The van der Waals surface area contributed by atoms with Crippen LogP contribution in [0.1, 0.15) is 32.6 Å². The third-order valence-corrected chi connectivity index (χ3v) is 7.03. The Hall–Kier alpha value is -2.33. The molecule has 2 fully saturated rings. The van der Waals surface area contributed by atoms with Crippen LogP contribution in [0.4, 0.5) is 23.1 Å². The standard InChI is InChI=1S/C13H15F3N6O5S2/c1-6(23)17-9-19-20-11(28-9)29(26,27)21-12(13(14,15)16)8(24)22(10(25)18-12)7-4-2-3-5-7/h7,21H,2-5H2,1H3,(H,18,25)(H,17,19,23)/t12-/m0/s1. The van der Waals surface area contributed by atoms with Gasteiger partial charge < -0.3 is 10.6 Å². The fraction of sp³-hybridized carbons (Fsp3) is 0.615. The second-order valence-corrected chi connectivity index (χ2v) is 9.28. The Balaban J connectivity index is 1.95. The van der Waals surface area contributed by atoms with E-state index in [0.717, 1.165) is 6.92 Å². The van der Waals surface area contributed by atoms with Crippen molar-refractivity contribution in [3.8, 4) is 0 Å². The van der Waals surface area contributed by atoms with Crippen LogP contribution in [-0.4, -0.2) is 59.2 Å². The molecule has 1 saturated carbocycles. The number of hydrogen-bond acceptors (Lipinski definition) is 8. The van der Waals surface area contributed by atoms with Crippen molar-refractivity contribution in [2.75, 3.05) is 5.32 Å². The van der Waals surface area contributed by atoms with Gasteiger partial charge in [0.25, 0.3) is 21.6 Å². The molecule has 0 radical (unpaired) electrons. The number of sulfonamides is 1. The summed E-state index contributed by atoms with van der Waals surface area (Å²) in [5.41, 5.74) is -3.87. The first-order valence-corrected chi connectivity index (χ1v) is 10.5. The molecular weight excluding hydrogens is 441 g/mol. The average Bonchev–Trinajstić information content (AvgIpc) is 3.28. The molecule has 11 nitrogen and oxygen atoms in total. The van der Waals surface area contributed by atoms with Gasteiger partial charge in [0.1, 0.15) is 0 Å². The number of carbonyl (C=O) groups excluding carboxylic acids is 3. The molecule has 0 unspecified atom stereocenters. The highest BCUT2D eigenvalue weighted by atomic mass is 32.2. The minimum Gasteiger partial charge on any atom is -0.303 e. The van der Waals surface area contributed by atoms with E-state index < -0.39 is 50.1 Å². The molecule has 1 saturated heterocycles. The Morgan fingerprint density at radius 2 is 1.90 bits per heavy atom. The van der Waals surface area contributed by atoms with Crippen molar-refractivity contribution in [3.05, 3.63) is 0 Å². The largest absolute Gasteiger partial charge is 0.435 e. The van der Waals surface area contributed by atoms with Crippen LogP contribution < -0.4 is 15.4 Å². The number of imide groups is 1. The maximum atomic E-state index is 13.8. The van der Waals surface area contributed by atoms with Gasteiger partial charge in [0, 0.05) is 13.0 Å². The molecule has 160 valence electrons. The molecule has 0 spiro atoms. The molecular formula is C13H15F3N6O5S2. The summed E-state index contributed by atoms with van der Waals surface area (Å²) in [6.45, 7) is 1.11.